The summed E-state index contributed by atoms with van der Waals surface area (Å²) in [5.41, 5.74) is 9.73. The maximum atomic E-state index is 13.4. The van der Waals surface area contributed by atoms with Crippen LogP contribution in [0.25, 0.3) is 22.2 Å². The maximum Gasteiger partial charge on any atom is 0.143 e. The van der Waals surface area contributed by atoms with Crippen LogP contribution >= 0.6 is 0 Å². The maximum absolute atomic E-state index is 13.4. The highest BCUT2D eigenvalue weighted by molar-refractivity contribution is 5.93. The Labute approximate surface area is 102 Å². The Morgan fingerprint density at radius 1 is 1.11 bits per heavy atom. The van der Waals surface area contributed by atoms with Crippen LogP contribution in [0.5, 0.6) is 0 Å². The van der Waals surface area contributed by atoms with Gasteiger partial charge in [0.2, 0.25) is 0 Å². The highest BCUT2D eigenvalue weighted by atomic mass is 19.1. The van der Waals surface area contributed by atoms with E-state index in [1.54, 1.807) is 12.1 Å². The van der Waals surface area contributed by atoms with E-state index in [0.717, 1.165) is 5.56 Å². The van der Waals surface area contributed by atoms with Gasteiger partial charge >= 0.3 is 0 Å². The molecule has 0 spiro atoms. The average Bonchev–Trinajstić information content (AvgIpc) is 2.74. The smallest absolute Gasteiger partial charge is 0.143 e. The second kappa shape index (κ2) is 3.80. The molecule has 0 radical (unpaired) electrons. The highest BCUT2D eigenvalue weighted by Gasteiger charge is 2.11. The summed E-state index contributed by atoms with van der Waals surface area (Å²) < 4.78 is 18.1. The van der Waals surface area contributed by atoms with Crippen molar-refractivity contribution < 1.29 is 9.02 Å². The molecule has 0 atom stereocenters. The fourth-order valence-corrected chi connectivity index (χ4v) is 2.02. The highest BCUT2D eigenvalue weighted by Crippen LogP contribution is 2.30. The summed E-state index contributed by atoms with van der Waals surface area (Å²) in [6.07, 6.45) is 0. The summed E-state index contributed by atoms with van der Waals surface area (Å²) in [4.78, 5) is 0. The van der Waals surface area contributed by atoms with Gasteiger partial charge in [-0.05, 0) is 52.6 Å². The number of aryl methyl sites for hydroxylation is 1. The molecule has 1 heterocycles. The van der Waals surface area contributed by atoms with E-state index in [0.29, 0.717) is 27.8 Å². The van der Waals surface area contributed by atoms with Crippen molar-refractivity contribution in [3.63, 3.8) is 0 Å². The standard InChI is InChI=1S/C13H10FN3O/c1-7-2-8(4-9(14)3-7)11-5-10(15)6-12-13(11)17-18-16-12/h2-6H,15H2,1H3. The van der Waals surface area contributed by atoms with Crippen molar-refractivity contribution in [3.05, 3.63) is 41.7 Å². The third kappa shape index (κ3) is 1.69. The van der Waals surface area contributed by atoms with Crippen LogP contribution in [0.3, 0.4) is 0 Å². The summed E-state index contributed by atoms with van der Waals surface area (Å²) in [5.74, 6) is -0.294. The van der Waals surface area contributed by atoms with Crippen LogP contribution < -0.4 is 5.73 Å². The fourth-order valence-electron chi connectivity index (χ4n) is 2.02. The molecule has 0 saturated carbocycles. The van der Waals surface area contributed by atoms with Crippen molar-refractivity contribution in [3.8, 4) is 11.1 Å². The Bertz CT molecular complexity index is 716. The molecule has 0 saturated heterocycles. The van der Waals surface area contributed by atoms with Gasteiger partial charge in [-0.25, -0.2) is 9.02 Å². The molecule has 0 amide bonds. The van der Waals surface area contributed by atoms with E-state index in [1.807, 2.05) is 13.0 Å². The van der Waals surface area contributed by atoms with E-state index in [2.05, 4.69) is 10.3 Å². The Kier molecular flexibility index (Phi) is 2.26. The number of nitrogens with two attached hydrogens (primary N) is 1. The van der Waals surface area contributed by atoms with Crippen molar-refractivity contribution in [1.29, 1.82) is 0 Å². The van der Waals surface area contributed by atoms with Gasteiger partial charge in [0.25, 0.3) is 0 Å². The Morgan fingerprint density at radius 2 is 1.94 bits per heavy atom. The molecule has 90 valence electrons. The minimum absolute atomic E-state index is 0.294. The lowest BCUT2D eigenvalue weighted by molar-refractivity contribution is 0.315. The van der Waals surface area contributed by atoms with Crippen molar-refractivity contribution in [2.24, 2.45) is 0 Å². The number of rotatable bonds is 1. The quantitative estimate of drug-likeness (QED) is 0.667. The molecule has 2 aromatic carbocycles. The molecule has 0 fully saturated rings. The lowest BCUT2D eigenvalue weighted by atomic mass is 10.0. The van der Waals surface area contributed by atoms with Gasteiger partial charge in [0.15, 0.2) is 0 Å². The number of hydrogen-bond acceptors (Lipinski definition) is 4. The second-order valence-corrected chi connectivity index (χ2v) is 4.22. The van der Waals surface area contributed by atoms with E-state index in [9.17, 15) is 4.39 Å². The molecular weight excluding hydrogens is 233 g/mol. The first-order valence-electron chi connectivity index (χ1n) is 5.43. The minimum Gasteiger partial charge on any atom is -0.399 e. The zero-order valence-corrected chi connectivity index (χ0v) is 9.64. The SMILES string of the molecule is Cc1cc(F)cc(-c2cc(N)cc3nonc23)c1. The minimum atomic E-state index is -0.294. The molecule has 0 bridgehead atoms. The molecular formula is C13H10FN3O. The Balaban J connectivity index is 2.33. The van der Waals surface area contributed by atoms with Crippen LogP contribution in [0, 0.1) is 12.7 Å². The van der Waals surface area contributed by atoms with Gasteiger partial charge in [-0.1, -0.05) is 6.07 Å². The molecule has 5 heteroatoms. The van der Waals surface area contributed by atoms with E-state index in [-0.39, 0.29) is 5.82 Å². The van der Waals surface area contributed by atoms with Gasteiger partial charge in [-0.2, -0.15) is 0 Å². The van der Waals surface area contributed by atoms with Crippen molar-refractivity contribution >= 4 is 16.7 Å². The zero-order chi connectivity index (χ0) is 12.7. The third-order valence-electron chi connectivity index (χ3n) is 2.74. The third-order valence-corrected chi connectivity index (χ3v) is 2.74. The van der Waals surface area contributed by atoms with Crippen molar-refractivity contribution in [2.75, 3.05) is 5.73 Å². The molecule has 4 nitrogen and oxygen atoms in total. The number of aromatic nitrogens is 2. The van der Waals surface area contributed by atoms with Crippen molar-refractivity contribution in [1.82, 2.24) is 10.3 Å². The number of hydrogen-bond donors (Lipinski definition) is 1. The van der Waals surface area contributed by atoms with E-state index in [4.69, 9.17) is 10.4 Å². The van der Waals surface area contributed by atoms with Crippen LogP contribution in [-0.2, 0) is 0 Å². The summed E-state index contributed by atoms with van der Waals surface area (Å²) >= 11 is 0. The predicted molar refractivity (Wildman–Crippen MR) is 66.3 cm³/mol. The predicted octanol–water partition coefficient (Wildman–Crippen LogP) is 2.92. The average molecular weight is 243 g/mol. The van der Waals surface area contributed by atoms with Crippen LogP contribution in [0.1, 0.15) is 5.56 Å². The number of fused-ring (bicyclic) bond motifs is 1. The Morgan fingerprint density at radius 3 is 2.72 bits per heavy atom. The normalized spacial score (nSPS) is 11.0. The van der Waals surface area contributed by atoms with Crippen LogP contribution in [0.15, 0.2) is 35.0 Å². The van der Waals surface area contributed by atoms with Crippen molar-refractivity contribution in [2.45, 2.75) is 6.92 Å². The first kappa shape index (κ1) is 10.7. The van der Waals surface area contributed by atoms with Gasteiger partial charge in [0, 0.05) is 11.3 Å². The summed E-state index contributed by atoms with van der Waals surface area (Å²) in [6.45, 7) is 1.83. The molecule has 18 heavy (non-hydrogen) atoms. The second-order valence-electron chi connectivity index (χ2n) is 4.22. The fraction of sp³-hybridized carbons (Fsp3) is 0.0769. The number of nitrogens with zero attached hydrogens (tertiary/aromatic N) is 2. The van der Waals surface area contributed by atoms with Gasteiger partial charge in [0.1, 0.15) is 16.9 Å². The number of nitrogen functional groups attached to an aromatic ring is 1. The van der Waals surface area contributed by atoms with Gasteiger partial charge in [0.05, 0.1) is 0 Å². The first-order valence-corrected chi connectivity index (χ1v) is 5.43. The summed E-state index contributed by atoms with van der Waals surface area (Å²) in [6, 6.07) is 8.18. The number of anilines is 1. The lowest BCUT2D eigenvalue weighted by Crippen LogP contribution is -1.89. The van der Waals surface area contributed by atoms with Crippen LogP contribution in [-0.4, -0.2) is 10.3 Å². The summed E-state index contributed by atoms with van der Waals surface area (Å²) in [7, 11) is 0. The van der Waals surface area contributed by atoms with Crippen LogP contribution in [0.2, 0.25) is 0 Å². The van der Waals surface area contributed by atoms with E-state index < -0.39 is 0 Å². The number of halogens is 1. The van der Waals surface area contributed by atoms with Gasteiger partial charge in [-0.15, -0.1) is 0 Å². The lowest BCUT2D eigenvalue weighted by Gasteiger charge is -2.05. The molecule has 2 N–H and O–H groups in total. The molecule has 3 rings (SSSR count). The molecule has 0 aliphatic heterocycles. The first-order chi connectivity index (χ1) is 8.63. The monoisotopic (exact) mass is 243 g/mol. The molecule has 0 aliphatic rings. The molecule has 3 aromatic rings. The topological polar surface area (TPSA) is 64.9 Å². The van der Waals surface area contributed by atoms with E-state index >= 15 is 0 Å². The molecule has 1 aromatic heterocycles. The van der Waals surface area contributed by atoms with Gasteiger partial charge in [-0.3, -0.25) is 0 Å². The van der Waals surface area contributed by atoms with Gasteiger partial charge < -0.3 is 5.73 Å². The summed E-state index contributed by atoms with van der Waals surface area (Å²) in [5, 5.41) is 7.58. The number of benzene rings is 2. The van der Waals surface area contributed by atoms with E-state index in [1.165, 1.54) is 12.1 Å². The largest absolute Gasteiger partial charge is 0.399 e. The Hall–Kier alpha value is -2.43. The molecule has 0 unspecified atom stereocenters. The van der Waals surface area contributed by atoms with Crippen LogP contribution in [0.4, 0.5) is 10.1 Å². The molecule has 0 aliphatic carbocycles. The zero-order valence-electron chi connectivity index (χ0n) is 9.64.